The Labute approximate surface area is 120 Å². The van der Waals surface area contributed by atoms with Gasteiger partial charge in [-0.25, -0.2) is 0 Å². The lowest BCUT2D eigenvalue weighted by Gasteiger charge is -2.30. The predicted octanol–water partition coefficient (Wildman–Crippen LogP) is 0.917. The van der Waals surface area contributed by atoms with Crippen molar-refractivity contribution in [2.45, 2.75) is 25.7 Å². The van der Waals surface area contributed by atoms with Crippen molar-refractivity contribution in [1.82, 2.24) is 10.2 Å². The molecule has 1 aliphatic carbocycles. The summed E-state index contributed by atoms with van der Waals surface area (Å²) in [6.45, 7) is 4.76. The van der Waals surface area contributed by atoms with Gasteiger partial charge >= 0.3 is 0 Å². The van der Waals surface area contributed by atoms with Crippen LogP contribution in [-0.2, 0) is 4.79 Å². The quantitative estimate of drug-likeness (QED) is 0.788. The fraction of sp³-hybridized carbons (Fsp3) is 0.929. The summed E-state index contributed by atoms with van der Waals surface area (Å²) in [4.78, 5) is 14.7. The van der Waals surface area contributed by atoms with E-state index in [1.54, 1.807) is 0 Å². The smallest absolute Gasteiger partial charge is 0.223 e. The summed E-state index contributed by atoms with van der Waals surface area (Å²) in [5, 5.41) is 3.12. The molecule has 2 atom stereocenters. The third-order valence-corrected chi connectivity index (χ3v) is 5.32. The first-order valence-electron chi connectivity index (χ1n) is 7.59. The Morgan fingerprint density at radius 3 is 2.74 bits per heavy atom. The number of hydrogen-bond donors (Lipinski definition) is 2. The highest BCUT2D eigenvalue weighted by Crippen LogP contribution is 2.29. The van der Waals surface area contributed by atoms with E-state index in [-0.39, 0.29) is 11.8 Å². The van der Waals surface area contributed by atoms with Crippen molar-refractivity contribution in [2.24, 2.45) is 17.6 Å². The topological polar surface area (TPSA) is 58.4 Å². The summed E-state index contributed by atoms with van der Waals surface area (Å²) in [5.41, 5.74) is 5.79. The van der Waals surface area contributed by atoms with E-state index in [4.69, 9.17) is 5.73 Å². The standard InChI is InChI=1S/C14H27N3OS/c15-11-12-3-1-2-4-13(12)14(18)16-5-6-17-7-9-19-10-8-17/h12-13H,1-11,15H2,(H,16,18). The molecule has 19 heavy (non-hydrogen) atoms. The highest BCUT2D eigenvalue weighted by Gasteiger charge is 2.29. The van der Waals surface area contributed by atoms with E-state index in [1.165, 1.54) is 24.3 Å². The van der Waals surface area contributed by atoms with Gasteiger partial charge in [0.2, 0.25) is 5.91 Å². The van der Waals surface area contributed by atoms with Gasteiger partial charge in [-0.3, -0.25) is 9.69 Å². The van der Waals surface area contributed by atoms with E-state index in [0.29, 0.717) is 12.5 Å². The number of nitrogens with two attached hydrogens (primary N) is 1. The van der Waals surface area contributed by atoms with Crippen LogP contribution in [0.2, 0.25) is 0 Å². The van der Waals surface area contributed by atoms with E-state index in [9.17, 15) is 4.79 Å². The van der Waals surface area contributed by atoms with Gasteiger partial charge in [0.05, 0.1) is 0 Å². The zero-order chi connectivity index (χ0) is 13.5. The zero-order valence-corrected chi connectivity index (χ0v) is 12.6. The second-order valence-electron chi connectivity index (χ2n) is 5.63. The largest absolute Gasteiger partial charge is 0.355 e. The van der Waals surface area contributed by atoms with Crippen molar-refractivity contribution in [3.8, 4) is 0 Å². The fourth-order valence-electron chi connectivity index (χ4n) is 3.13. The van der Waals surface area contributed by atoms with Crippen LogP contribution in [0, 0.1) is 11.8 Å². The minimum absolute atomic E-state index is 0.163. The van der Waals surface area contributed by atoms with Crippen molar-refractivity contribution in [3.63, 3.8) is 0 Å². The van der Waals surface area contributed by atoms with Crippen LogP contribution < -0.4 is 11.1 Å². The lowest BCUT2D eigenvalue weighted by Crippen LogP contribution is -2.43. The molecule has 1 amide bonds. The molecule has 5 heteroatoms. The molecule has 0 aromatic rings. The van der Waals surface area contributed by atoms with Crippen LogP contribution in [0.15, 0.2) is 0 Å². The van der Waals surface area contributed by atoms with Gasteiger partial charge in [-0.15, -0.1) is 0 Å². The Morgan fingerprint density at radius 2 is 2.00 bits per heavy atom. The van der Waals surface area contributed by atoms with Crippen molar-refractivity contribution in [3.05, 3.63) is 0 Å². The molecule has 1 aliphatic heterocycles. The second-order valence-corrected chi connectivity index (χ2v) is 6.86. The van der Waals surface area contributed by atoms with Crippen molar-refractivity contribution >= 4 is 17.7 Å². The Morgan fingerprint density at radius 1 is 1.26 bits per heavy atom. The first-order valence-corrected chi connectivity index (χ1v) is 8.74. The van der Waals surface area contributed by atoms with Gasteiger partial charge < -0.3 is 11.1 Å². The number of amides is 1. The molecule has 1 saturated carbocycles. The molecule has 0 aromatic heterocycles. The summed E-state index contributed by atoms with van der Waals surface area (Å²) in [5.74, 6) is 3.26. The molecule has 0 spiro atoms. The highest BCUT2D eigenvalue weighted by molar-refractivity contribution is 7.99. The molecular formula is C14H27N3OS. The molecular weight excluding hydrogens is 258 g/mol. The predicted molar refractivity (Wildman–Crippen MR) is 81.3 cm³/mol. The maximum Gasteiger partial charge on any atom is 0.223 e. The number of hydrogen-bond acceptors (Lipinski definition) is 4. The van der Waals surface area contributed by atoms with E-state index in [0.717, 1.165) is 39.0 Å². The first kappa shape index (κ1) is 15.1. The number of thioether (sulfide) groups is 1. The number of carbonyl (C=O) groups excluding carboxylic acids is 1. The van der Waals surface area contributed by atoms with Gasteiger partial charge in [0, 0.05) is 43.6 Å². The molecule has 2 unspecified atom stereocenters. The summed E-state index contributed by atoms with van der Waals surface area (Å²) >= 11 is 2.02. The maximum atomic E-state index is 12.2. The summed E-state index contributed by atoms with van der Waals surface area (Å²) in [6.07, 6.45) is 4.56. The summed E-state index contributed by atoms with van der Waals surface area (Å²) < 4.78 is 0. The molecule has 2 rings (SSSR count). The number of carbonyl (C=O) groups is 1. The van der Waals surface area contributed by atoms with Crippen LogP contribution in [-0.4, -0.2) is 55.0 Å². The average molecular weight is 285 g/mol. The van der Waals surface area contributed by atoms with Crippen LogP contribution >= 0.6 is 11.8 Å². The minimum atomic E-state index is 0.163. The molecule has 1 saturated heterocycles. The van der Waals surface area contributed by atoms with Gasteiger partial charge in [-0.1, -0.05) is 12.8 Å². The molecule has 4 nitrogen and oxygen atoms in total. The molecule has 110 valence electrons. The van der Waals surface area contributed by atoms with E-state index in [2.05, 4.69) is 10.2 Å². The van der Waals surface area contributed by atoms with Crippen LogP contribution in [0.1, 0.15) is 25.7 Å². The van der Waals surface area contributed by atoms with Gasteiger partial charge in [0.25, 0.3) is 0 Å². The van der Waals surface area contributed by atoms with Crippen LogP contribution in [0.5, 0.6) is 0 Å². The number of nitrogens with one attached hydrogen (secondary N) is 1. The van der Waals surface area contributed by atoms with Crippen LogP contribution in [0.4, 0.5) is 0 Å². The van der Waals surface area contributed by atoms with Gasteiger partial charge in [-0.05, 0) is 25.3 Å². The van der Waals surface area contributed by atoms with E-state index >= 15 is 0 Å². The van der Waals surface area contributed by atoms with Crippen molar-refractivity contribution in [2.75, 3.05) is 44.2 Å². The average Bonchev–Trinajstić information content (AvgIpc) is 2.48. The summed E-state index contributed by atoms with van der Waals surface area (Å²) in [7, 11) is 0. The molecule has 0 aromatic carbocycles. The molecule has 1 heterocycles. The summed E-state index contributed by atoms with van der Waals surface area (Å²) in [6, 6.07) is 0. The molecule has 0 bridgehead atoms. The first-order chi connectivity index (χ1) is 9.31. The Balaban J connectivity index is 1.67. The molecule has 2 aliphatic rings. The van der Waals surface area contributed by atoms with Gasteiger partial charge in [-0.2, -0.15) is 11.8 Å². The maximum absolute atomic E-state index is 12.2. The monoisotopic (exact) mass is 285 g/mol. The van der Waals surface area contributed by atoms with Gasteiger partial charge in [0.1, 0.15) is 0 Å². The Bertz CT molecular complexity index is 282. The lowest BCUT2D eigenvalue weighted by atomic mass is 9.79. The number of rotatable bonds is 5. The molecule has 2 fully saturated rings. The Hall–Kier alpha value is -0.260. The third kappa shape index (κ3) is 4.65. The van der Waals surface area contributed by atoms with Gasteiger partial charge in [0.15, 0.2) is 0 Å². The highest BCUT2D eigenvalue weighted by atomic mass is 32.2. The third-order valence-electron chi connectivity index (χ3n) is 4.38. The Kier molecular flexibility index (Phi) is 6.47. The van der Waals surface area contributed by atoms with Crippen molar-refractivity contribution in [1.29, 1.82) is 0 Å². The minimum Gasteiger partial charge on any atom is -0.355 e. The van der Waals surface area contributed by atoms with Crippen LogP contribution in [0.25, 0.3) is 0 Å². The molecule has 0 radical (unpaired) electrons. The van der Waals surface area contributed by atoms with E-state index in [1.807, 2.05) is 11.8 Å². The lowest BCUT2D eigenvalue weighted by molar-refractivity contribution is -0.127. The second kappa shape index (κ2) is 8.12. The number of nitrogens with zero attached hydrogens (tertiary/aromatic N) is 1. The van der Waals surface area contributed by atoms with Crippen molar-refractivity contribution < 1.29 is 4.79 Å². The SMILES string of the molecule is NCC1CCCCC1C(=O)NCCN1CCSCC1. The van der Waals surface area contributed by atoms with E-state index < -0.39 is 0 Å². The fourth-order valence-corrected chi connectivity index (χ4v) is 4.11. The zero-order valence-electron chi connectivity index (χ0n) is 11.8. The normalized spacial score (nSPS) is 29.1. The molecule has 3 N–H and O–H groups in total. The van der Waals surface area contributed by atoms with Crippen LogP contribution in [0.3, 0.4) is 0 Å².